The highest BCUT2D eigenvalue weighted by Gasteiger charge is 2.33. The van der Waals surface area contributed by atoms with E-state index in [-0.39, 0.29) is 28.3 Å². The minimum atomic E-state index is -4.21. The lowest BCUT2D eigenvalue weighted by atomic mass is 10.2. The topological polar surface area (TPSA) is 94.6 Å². The standard InChI is InChI=1S/C24H32N2O7S/c1-25(17-8-6-7-9-17)24(27)16-26(20-14-18(30-2)10-12-21(20)31-3)34(28,29)19-11-13-22(32-4)23(15-19)33-5/h10-15,17H,6-9,16H2,1-5H3. The number of rotatable bonds is 10. The predicted molar refractivity (Wildman–Crippen MR) is 129 cm³/mol. The van der Waals surface area contributed by atoms with Gasteiger partial charge in [0.2, 0.25) is 5.91 Å². The fourth-order valence-corrected chi connectivity index (χ4v) is 5.56. The van der Waals surface area contributed by atoms with Crippen LogP contribution in [0.4, 0.5) is 5.69 Å². The number of nitrogens with zero attached hydrogens (tertiary/aromatic N) is 2. The van der Waals surface area contributed by atoms with Gasteiger partial charge in [0.05, 0.1) is 39.0 Å². The van der Waals surface area contributed by atoms with Gasteiger partial charge >= 0.3 is 0 Å². The molecule has 1 aliphatic carbocycles. The summed E-state index contributed by atoms with van der Waals surface area (Å²) in [5.41, 5.74) is 0.199. The Kier molecular flexibility index (Phi) is 8.14. The van der Waals surface area contributed by atoms with Crippen LogP contribution < -0.4 is 23.3 Å². The molecule has 2 aromatic carbocycles. The Balaban J connectivity index is 2.10. The molecule has 1 saturated carbocycles. The van der Waals surface area contributed by atoms with Gasteiger partial charge in [-0.15, -0.1) is 0 Å². The maximum atomic E-state index is 13.9. The van der Waals surface area contributed by atoms with E-state index in [1.807, 2.05) is 0 Å². The molecule has 2 aromatic rings. The molecule has 0 bridgehead atoms. The van der Waals surface area contributed by atoms with Crippen LogP contribution in [0.15, 0.2) is 41.3 Å². The minimum Gasteiger partial charge on any atom is -0.497 e. The minimum absolute atomic E-state index is 0.0497. The molecule has 0 aromatic heterocycles. The molecule has 0 unspecified atom stereocenters. The van der Waals surface area contributed by atoms with Gasteiger partial charge in [0, 0.05) is 25.2 Å². The van der Waals surface area contributed by atoms with Crippen molar-refractivity contribution in [2.24, 2.45) is 0 Å². The highest BCUT2D eigenvalue weighted by molar-refractivity contribution is 7.92. The molecule has 1 amide bonds. The predicted octanol–water partition coefficient (Wildman–Crippen LogP) is 3.32. The van der Waals surface area contributed by atoms with E-state index < -0.39 is 16.6 Å². The van der Waals surface area contributed by atoms with Crippen LogP contribution in [0.3, 0.4) is 0 Å². The van der Waals surface area contributed by atoms with Crippen molar-refractivity contribution in [2.75, 3.05) is 46.3 Å². The van der Waals surface area contributed by atoms with Crippen LogP contribution in [-0.4, -0.2) is 67.3 Å². The van der Waals surface area contributed by atoms with Gasteiger partial charge in [0.15, 0.2) is 11.5 Å². The summed E-state index contributed by atoms with van der Waals surface area (Å²) >= 11 is 0. The summed E-state index contributed by atoms with van der Waals surface area (Å²) in [6, 6.07) is 9.22. The molecule has 3 rings (SSSR count). The third-order valence-electron chi connectivity index (χ3n) is 6.14. The van der Waals surface area contributed by atoms with Crippen LogP contribution in [-0.2, 0) is 14.8 Å². The number of anilines is 1. The Morgan fingerprint density at radius 1 is 0.882 bits per heavy atom. The number of methoxy groups -OCH3 is 4. The van der Waals surface area contributed by atoms with Crippen LogP contribution in [0.1, 0.15) is 25.7 Å². The van der Waals surface area contributed by atoms with Crippen LogP contribution in [0.5, 0.6) is 23.0 Å². The molecule has 34 heavy (non-hydrogen) atoms. The highest BCUT2D eigenvalue weighted by Crippen LogP contribution is 2.37. The van der Waals surface area contributed by atoms with E-state index in [9.17, 15) is 13.2 Å². The number of benzene rings is 2. The number of carbonyl (C=O) groups excluding carboxylic acids is 1. The smallest absolute Gasteiger partial charge is 0.265 e. The second kappa shape index (κ2) is 10.9. The molecule has 9 nitrogen and oxygen atoms in total. The fraction of sp³-hybridized carbons (Fsp3) is 0.458. The average Bonchev–Trinajstić information content (AvgIpc) is 3.40. The van der Waals surface area contributed by atoms with Gasteiger partial charge in [-0.2, -0.15) is 0 Å². The lowest BCUT2D eigenvalue weighted by molar-refractivity contribution is -0.130. The largest absolute Gasteiger partial charge is 0.497 e. The summed E-state index contributed by atoms with van der Waals surface area (Å²) in [5.74, 6) is 1.07. The molecule has 10 heteroatoms. The zero-order valence-corrected chi connectivity index (χ0v) is 21.1. The second-order valence-electron chi connectivity index (χ2n) is 8.01. The summed E-state index contributed by atoms with van der Waals surface area (Å²) in [6.07, 6.45) is 3.93. The monoisotopic (exact) mass is 492 g/mol. The molecule has 0 N–H and O–H groups in total. The summed E-state index contributed by atoms with van der Waals surface area (Å²) in [4.78, 5) is 14.9. The third kappa shape index (κ3) is 5.16. The van der Waals surface area contributed by atoms with Gasteiger partial charge in [-0.25, -0.2) is 8.42 Å². The van der Waals surface area contributed by atoms with Gasteiger partial charge in [0.25, 0.3) is 10.0 Å². The van der Waals surface area contributed by atoms with Crippen molar-refractivity contribution in [1.29, 1.82) is 0 Å². The third-order valence-corrected chi connectivity index (χ3v) is 7.90. The quantitative estimate of drug-likeness (QED) is 0.502. The molecule has 0 aliphatic heterocycles. The Morgan fingerprint density at radius 3 is 2.09 bits per heavy atom. The molecular weight excluding hydrogens is 460 g/mol. The van der Waals surface area contributed by atoms with Crippen molar-refractivity contribution in [2.45, 2.75) is 36.6 Å². The van der Waals surface area contributed by atoms with Gasteiger partial charge in [-0.1, -0.05) is 12.8 Å². The first-order chi connectivity index (χ1) is 16.3. The number of ether oxygens (including phenoxy) is 4. The van der Waals surface area contributed by atoms with E-state index >= 15 is 0 Å². The fourth-order valence-electron chi connectivity index (χ4n) is 4.13. The number of likely N-dealkylation sites (N-methyl/N-ethyl adjacent to an activating group) is 1. The molecule has 186 valence electrons. The molecule has 0 heterocycles. The zero-order valence-electron chi connectivity index (χ0n) is 20.2. The average molecular weight is 493 g/mol. The van der Waals surface area contributed by atoms with Crippen molar-refractivity contribution in [3.8, 4) is 23.0 Å². The summed E-state index contributed by atoms with van der Waals surface area (Å²) in [7, 11) is 3.34. The zero-order chi connectivity index (χ0) is 24.9. The molecule has 0 spiro atoms. The van der Waals surface area contributed by atoms with Crippen molar-refractivity contribution >= 4 is 21.6 Å². The lowest BCUT2D eigenvalue weighted by Crippen LogP contribution is -2.44. The Morgan fingerprint density at radius 2 is 1.50 bits per heavy atom. The van der Waals surface area contributed by atoms with E-state index in [1.165, 1.54) is 46.6 Å². The lowest BCUT2D eigenvalue weighted by Gasteiger charge is -2.30. The summed E-state index contributed by atoms with van der Waals surface area (Å²) < 4.78 is 50.2. The highest BCUT2D eigenvalue weighted by atomic mass is 32.2. The number of hydrogen-bond donors (Lipinski definition) is 0. The van der Waals surface area contributed by atoms with Gasteiger partial charge in [-0.05, 0) is 37.1 Å². The van der Waals surface area contributed by atoms with E-state index in [0.29, 0.717) is 17.2 Å². The number of carbonyl (C=O) groups is 1. The van der Waals surface area contributed by atoms with E-state index in [4.69, 9.17) is 18.9 Å². The van der Waals surface area contributed by atoms with Crippen LogP contribution in [0, 0.1) is 0 Å². The Hall–Kier alpha value is -3.14. The van der Waals surface area contributed by atoms with Gasteiger partial charge in [0.1, 0.15) is 18.0 Å². The second-order valence-corrected chi connectivity index (χ2v) is 9.87. The van der Waals surface area contributed by atoms with E-state index in [1.54, 1.807) is 30.1 Å². The first-order valence-corrected chi connectivity index (χ1v) is 12.4. The van der Waals surface area contributed by atoms with Crippen molar-refractivity contribution < 1.29 is 32.2 Å². The number of hydrogen-bond acceptors (Lipinski definition) is 7. The normalized spacial score (nSPS) is 13.9. The maximum Gasteiger partial charge on any atom is 0.265 e. The van der Waals surface area contributed by atoms with Crippen molar-refractivity contribution in [3.63, 3.8) is 0 Å². The molecule has 0 atom stereocenters. The molecular formula is C24H32N2O7S. The Labute approximate surface area is 201 Å². The van der Waals surface area contributed by atoms with Crippen molar-refractivity contribution in [3.05, 3.63) is 36.4 Å². The molecule has 0 saturated heterocycles. The van der Waals surface area contributed by atoms with Crippen LogP contribution in [0.2, 0.25) is 0 Å². The first-order valence-electron chi connectivity index (χ1n) is 11.0. The molecule has 0 radical (unpaired) electrons. The summed E-state index contributed by atoms with van der Waals surface area (Å²) in [6.45, 7) is -0.396. The summed E-state index contributed by atoms with van der Waals surface area (Å²) in [5, 5.41) is 0. The maximum absolute atomic E-state index is 13.9. The SMILES string of the molecule is COc1ccc(OC)c(N(CC(=O)N(C)C2CCCC2)S(=O)(=O)c2ccc(OC)c(OC)c2)c1. The van der Waals surface area contributed by atoms with Crippen molar-refractivity contribution in [1.82, 2.24) is 4.90 Å². The molecule has 1 aliphatic rings. The van der Waals surface area contributed by atoms with Gasteiger partial charge in [-0.3, -0.25) is 9.10 Å². The number of sulfonamides is 1. The first kappa shape index (κ1) is 25.5. The van der Waals surface area contributed by atoms with Gasteiger partial charge < -0.3 is 23.8 Å². The number of amides is 1. The van der Waals surface area contributed by atoms with E-state index in [0.717, 1.165) is 30.0 Å². The van der Waals surface area contributed by atoms with Crippen LogP contribution >= 0.6 is 0 Å². The van der Waals surface area contributed by atoms with E-state index in [2.05, 4.69) is 0 Å². The molecule has 1 fully saturated rings. The van der Waals surface area contributed by atoms with Crippen LogP contribution in [0.25, 0.3) is 0 Å². The Bertz CT molecular complexity index is 1110.